The summed E-state index contributed by atoms with van der Waals surface area (Å²) in [7, 11) is 0. The molecule has 4 rings (SSSR count). The Morgan fingerprint density at radius 3 is 1.79 bits per heavy atom. The molecule has 6 nitrogen and oxygen atoms in total. The highest BCUT2D eigenvalue weighted by Gasteiger charge is 2.35. The topological polar surface area (TPSA) is 59.1 Å². The van der Waals surface area contributed by atoms with Crippen molar-refractivity contribution in [3.63, 3.8) is 0 Å². The second kappa shape index (κ2) is 12.9. The molecule has 1 heterocycles. The van der Waals surface area contributed by atoms with Crippen LogP contribution in [0.1, 0.15) is 45.7 Å². The van der Waals surface area contributed by atoms with Crippen molar-refractivity contribution in [1.29, 1.82) is 0 Å². The number of fused-ring (bicyclic) bond motifs is 1. The highest BCUT2D eigenvalue weighted by Crippen LogP contribution is 2.23. The zero-order chi connectivity index (χ0) is 27.0. The van der Waals surface area contributed by atoms with E-state index in [0.717, 1.165) is 11.1 Å². The van der Waals surface area contributed by atoms with Crippen LogP contribution in [0.5, 0.6) is 0 Å². The Balaban J connectivity index is 1.22. The number of nitrogens with zero attached hydrogens (tertiary/aromatic N) is 2. The molecule has 1 aliphatic heterocycles. The van der Waals surface area contributed by atoms with Crippen LogP contribution in [-0.2, 0) is 22.6 Å². The van der Waals surface area contributed by atoms with Gasteiger partial charge in [0.05, 0.1) is 43.1 Å². The Morgan fingerprint density at radius 2 is 1.26 bits per heavy atom. The molecule has 0 saturated heterocycles. The van der Waals surface area contributed by atoms with Crippen LogP contribution in [0.2, 0.25) is 0 Å². The number of rotatable bonds is 14. The van der Waals surface area contributed by atoms with Crippen LogP contribution in [0.3, 0.4) is 0 Å². The fraction of sp³-hybridized carbons (Fsp3) is 0.355. The van der Waals surface area contributed by atoms with Crippen LogP contribution in [0.15, 0.2) is 84.9 Å². The van der Waals surface area contributed by atoms with Gasteiger partial charge in [0.25, 0.3) is 11.8 Å². The molecule has 1 aliphatic rings. The van der Waals surface area contributed by atoms with E-state index in [-0.39, 0.29) is 44.7 Å². The smallest absolute Gasteiger partial charge is 0.261 e. The summed E-state index contributed by atoms with van der Waals surface area (Å²) in [6.07, 6.45) is -1.23. The maximum Gasteiger partial charge on any atom is 0.261 e. The SMILES string of the molecule is CC(C)(OCCOCCN1C(=O)c2ccccc2C1=O)C(F)CN(Cc1ccccc1)Cc1ccccc1. The van der Waals surface area contributed by atoms with E-state index in [0.29, 0.717) is 24.2 Å². The van der Waals surface area contributed by atoms with Gasteiger partial charge >= 0.3 is 0 Å². The van der Waals surface area contributed by atoms with Crippen LogP contribution < -0.4 is 0 Å². The number of benzene rings is 3. The number of hydrogen-bond acceptors (Lipinski definition) is 5. The predicted molar refractivity (Wildman–Crippen MR) is 145 cm³/mol. The highest BCUT2D eigenvalue weighted by atomic mass is 19.1. The first-order chi connectivity index (χ1) is 18.3. The van der Waals surface area contributed by atoms with Gasteiger partial charge in [-0.05, 0) is 37.1 Å². The number of amides is 2. The molecule has 1 unspecified atom stereocenters. The Hall–Kier alpha value is -3.39. The summed E-state index contributed by atoms with van der Waals surface area (Å²) in [5.74, 6) is -0.607. The molecule has 1 atom stereocenters. The molecule has 3 aromatic carbocycles. The van der Waals surface area contributed by atoms with Gasteiger partial charge in [-0.25, -0.2) is 4.39 Å². The van der Waals surface area contributed by atoms with Gasteiger partial charge in [-0.15, -0.1) is 0 Å². The summed E-state index contributed by atoms with van der Waals surface area (Å²) >= 11 is 0. The number of carbonyl (C=O) groups excluding carboxylic acids is 2. The molecule has 38 heavy (non-hydrogen) atoms. The highest BCUT2D eigenvalue weighted by molar-refractivity contribution is 6.21. The van der Waals surface area contributed by atoms with Crippen LogP contribution in [0.4, 0.5) is 4.39 Å². The molecule has 200 valence electrons. The lowest BCUT2D eigenvalue weighted by Crippen LogP contribution is -2.44. The number of alkyl halides is 1. The third kappa shape index (κ3) is 7.13. The van der Waals surface area contributed by atoms with E-state index in [1.54, 1.807) is 38.1 Å². The van der Waals surface area contributed by atoms with Crippen molar-refractivity contribution in [3.05, 3.63) is 107 Å². The first-order valence-corrected chi connectivity index (χ1v) is 13.0. The van der Waals surface area contributed by atoms with Crippen LogP contribution >= 0.6 is 0 Å². The molecule has 0 aliphatic carbocycles. The van der Waals surface area contributed by atoms with Gasteiger partial charge in [0.2, 0.25) is 0 Å². The zero-order valence-corrected chi connectivity index (χ0v) is 22.0. The quantitative estimate of drug-likeness (QED) is 0.219. The van der Waals surface area contributed by atoms with Crippen molar-refractivity contribution in [2.45, 2.75) is 38.7 Å². The molecule has 7 heteroatoms. The van der Waals surface area contributed by atoms with Gasteiger partial charge in [-0.2, -0.15) is 0 Å². The molecule has 0 radical (unpaired) electrons. The predicted octanol–water partition coefficient (Wildman–Crippen LogP) is 5.13. The van der Waals surface area contributed by atoms with Gasteiger partial charge in [0.15, 0.2) is 0 Å². The summed E-state index contributed by atoms with van der Waals surface area (Å²) in [6.45, 7) is 5.77. The molecular weight excluding hydrogens is 483 g/mol. The molecule has 0 aromatic heterocycles. The van der Waals surface area contributed by atoms with E-state index in [1.807, 2.05) is 60.7 Å². The minimum Gasteiger partial charge on any atom is -0.377 e. The van der Waals surface area contributed by atoms with Crippen LogP contribution in [0.25, 0.3) is 0 Å². The number of imide groups is 1. The van der Waals surface area contributed by atoms with E-state index in [1.165, 1.54) is 4.90 Å². The Labute approximate surface area is 224 Å². The molecule has 0 spiro atoms. The average Bonchev–Trinajstić information content (AvgIpc) is 3.16. The van der Waals surface area contributed by atoms with Crippen molar-refractivity contribution in [2.24, 2.45) is 0 Å². The maximum atomic E-state index is 15.5. The summed E-state index contributed by atoms with van der Waals surface area (Å²) in [4.78, 5) is 28.2. The fourth-order valence-corrected chi connectivity index (χ4v) is 4.47. The van der Waals surface area contributed by atoms with Crippen LogP contribution in [-0.4, -0.2) is 66.3 Å². The summed E-state index contributed by atoms with van der Waals surface area (Å²) in [5.41, 5.74) is 2.08. The van der Waals surface area contributed by atoms with Crippen molar-refractivity contribution in [2.75, 3.05) is 32.9 Å². The summed E-state index contributed by atoms with van der Waals surface area (Å²) in [6, 6.07) is 26.9. The van der Waals surface area contributed by atoms with Gasteiger partial charge in [0, 0.05) is 19.6 Å². The lowest BCUT2D eigenvalue weighted by Gasteiger charge is -2.33. The lowest BCUT2D eigenvalue weighted by atomic mass is 10.0. The Bertz CT molecular complexity index is 1130. The number of carbonyl (C=O) groups is 2. The van der Waals surface area contributed by atoms with E-state index in [4.69, 9.17) is 9.47 Å². The molecule has 3 aromatic rings. The van der Waals surface area contributed by atoms with Crippen molar-refractivity contribution >= 4 is 11.8 Å². The van der Waals surface area contributed by atoms with Crippen molar-refractivity contribution < 1.29 is 23.5 Å². The normalized spacial score (nSPS) is 14.3. The first-order valence-electron chi connectivity index (χ1n) is 13.0. The number of ether oxygens (including phenoxy) is 2. The van der Waals surface area contributed by atoms with Gasteiger partial charge in [-0.1, -0.05) is 72.8 Å². The molecule has 0 fully saturated rings. The first kappa shape index (κ1) is 27.6. The van der Waals surface area contributed by atoms with Gasteiger partial charge in [0.1, 0.15) is 6.17 Å². The van der Waals surface area contributed by atoms with E-state index in [9.17, 15) is 9.59 Å². The average molecular weight is 519 g/mol. The largest absolute Gasteiger partial charge is 0.377 e. The number of halogens is 1. The van der Waals surface area contributed by atoms with E-state index >= 15 is 4.39 Å². The third-order valence-electron chi connectivity index (χ3n) is 6.71. The van der Waals surface area contributed by atoms with Crippen LogP contribution in [0, 0.1) is 0 Å². The van der Waals surface area contributed by atoms with Crippen molar-refractivity contribution in [1.82, 2.24) is 9.80 Å². The molecular formula is C31H35FN2O4. The summed E-state index contributed by atoms with van der Waals surface area (Å²) < 4.78 is 27.0. The monoisotopic (exact) mass is 518 g/mol. The summed E-state index contributed by atoms with van der Waals surface area (Å²) in [5, 5.41) is 0. The fourth-order valence-electron chi connectivity index (χ4n) is 4.47. The van der Waals surface area contributed by atoms with E-state index < -0.39 is 11.8 Å². The molecule has 0 N–H and O–H groups in total. The van der Waals surface area contributed by atoms with Gasteiger partial charge < -0.3 is 9.47 Å². The van der Waals surface area contributed by atoms with Gasteiger partial charge in [-0.3, -0.25) is 19.4 Å². The molecule has 0 bridgehead atoms. The molecule has 0 saturated carbocycles. The second-order valence-corrected chi connectivity index (χ2v) is 9.98. The van der Waals surface area contributed by atoms with Crippen molar-refractivity contribution in [3.8, 4) is 0 Å². The number of hydrogen-bond donors (Lipinski definition) is 0. The standard InChI is InChI=1S/C31H35FN2O4/c1-31(2,38-20-19-37-18-17-34-29(35)26-15-9-10-16-27(26)30(34)36)28(32)23-33(21-24-11-5-3-6-12-24)22-25-13-7-4-8-14-25/h3-16,28H,17-23H2,1-2H3. The minimum absolute atomic E-state index is 0.162. The lowest BCUT2D eigenvalue weighted by molar-refractivity contribution is -0.0951. The van der Waals surface area contributed by atoms with E-state index in [2.05, 4.69) is 4.90 Å². The zero-order valence-electron chi connectivity index (χ0n) is 22.0. The Kier molecular flexibility index (Phi) is 9.39. The molecule has 2 amide bonds. The maximum absolute atomic E-state index is 15.5. The second-order valence-electron chi connectivity index (χ2n) is 9.98. The third-order valence-corrected chi connectivity index (χ3v) is 6.71. The Morgan fingerprint density at radius 1 is 0.763 bits per heavy atom. The minimum atomic E-state index is -1.23.